The topological polar surface area (TPSA) is 53.5 Å². The number of thiophene rings is 1. The van der Waals surface area contributed by atoms with Crippen molar-refractivity contribution in [3.63, 3.8) is 0 Å². The van der Waals surface area contributed by atoms with Crippen LogP contribution < -0.4 is 0 Å². The van der Waals surface area contributed by atoms with Crippen LogP contribution >= 0.6 is 11.3 Å². The molecule has 160 valence electrons. The van der Waals surface area contributed by atoms with E-state index in [-0.39, 0.29) is 11.8 Å². The van der Waals surface area contributed by atoms with Crippen LogP contribution in [0.2, 0.25) is 0 Å². The van der Waals surface area contributed by atoms with Crippen molar-refractivity contribution in [2.24, 2.45) is 0 Å². The van der Waals surface area contributed by atoms with Crippen molar-refractivity contribution in [1.29, 1.82) is 0 Å². The maximum atomic E-state index is 13.4. The van der Waals surface area contributed by atoms with E-state index in [1.165, 1.54) is 11.3 Å². The van der Waals surface area contributed by atoms with Crippen LogP contribution in [0.4, 0.5) is 0 Å². The molecule has 0 aliphatic carbocycles. The number of aryl methyl sites for hydroxylation is 1. The fraction of sp³-hybridized carbons (Fsp3) is 0.320. The number of aromatic nitrogens is 1. The molecule has 3 aromatic rings. The highest BCUT2D eigenvalue weighted by Gasteiger charge is 2.38. The highest BCUT2D eigenvalue weighted by molar-refractivity contribution is 7.13. The minimum Gasteiger partial charge on any atom is -0.339 e. The Bertz CT molecular complexity index is 1060. The normalized spacial score (nSPS) is 16.6. The number of pyridine rings is 1. The van der Waals surface area contributed by atoms with Crippen molar-refractivity contribution in [3.05, 3.63) is 76.2 Å². The molecule has 4 rings (SSSR count). The summed E-state index contributed by atoms with van der Waals surface area (Å²) in [5.41, 5.74) is 3.20. The molecule has 1 aliphatic heterocycles. The largest absolute Gasteiger partial charge is 0.339 e. The molecule has 2 aromatic heterocycles. The van der Waals surface area contributed by atoms with E-state index in [4.69, 9.17) is 0 Å². The Labute approximate surface area is 187 Å². The van der Waals surface area contributed by atoms with Crippen molar-refractivity contribution in [2.75, 3.05) is 19.6 Å². The molecule has 0 spiro atoms. The van der Waals surface area contributed by atoms with Crippen LogP contribution in [0.1, 0.15) is 33.5 Å². The first-order chi connectivity index (χ1) is 15.1. The van der Waals surface area contributed by atoms with Crippen LogP contribution in [0.3, 0.4) is 0 Å². The summed E-state index contributed by atoms with van der Waals surface area (Å²) in [4.78, 5) is 36.4. The smallest absolute Gasteiger partial charge is 0.264 e. The molecule has 3 heterocycles. The summed E-state index contributed by atoms with van der Waals surface area (Å²) >= 11 is 1.49. The maximum absolute atomic E-state index is 13.4. The van der Waals surface area contributed by atoms with Gasteiger partial charge in [0, 0.05) is 43.3 Å². The molecule has 2 amide bonds. The lowest BCUT2D eigenvalue weighted by atomic mass is 9.93. The first-order valence-corrected chi connectivity index (χ1v) is 11.5. The van der Waals surface area contributed by atoms with Crippen molar-refractivity contribution >= 4 is 23.2 Å². The van der Waals surface area contributed by atoms with Gasteiger partial charge in [-0.1, -0.05) is 31.2 Å². The Morgan fingerprint density at radius 2 is 1.87 bits per heavy atom. The average molecular weight is 434 g/mol. The van der Waals surface area contributed by atoms with Gasteiger partial charge in [0.1, 0.15) is 6.04 Å². The van der Waals surface area contributed by atoms with Gasteiger partial charge < -0.3 is 9.80 Å². The van der Waals surface area contributed by atoms with Crippen LogP contribution in [-0.4, -0.2) is 52.3 Å². The summed E-state index contributed by atoms with van der Waals surface area (Å²) < 4.78 is 0. The third-order valence-electron chi connectivity index (χ3n) is 5.71. The number of rotatable bonds is 6. The van der Waals surface area contributed by atoms with Gasteiger partial charge in [-0.05, 0) is 54.3 Å². The summed E-state index contributed by atoms with van der Waals surface area (Å²) in [5, 5.41) is 0. The van der Waals surface area contributed by atoms with Crippen molar-refractivity contribution < 1.29 is 9.59 Å². The summed E-state index contributed by atoms with van der Waals surface area (Å²) in [6.45, 7) is 5.94. The fourth-order valence-corrected chi connectivity index (χ4v) is 5.01. The molecule has 0 bridgehead atoms. The summed E-state index contributed by atoms with van der Waals surface area (Å²) in [7, 11) is 0. The molecule has 1 aliphatic rings. The number of carbonyl (C=O) groups is 2. The van der Waals surface area contributed by atoms with Gasteiger partial charge in [0.2, 0.25) is 5.91 Å². The number of nitrogens with zero attached hydrogens (tertiary/aromatic N) is 3. The van der Waals surface area contributed by atoms with E-state index in [1.54, 1.807) is 17.3 Å². The fourth-order valence-electron chi connectivity index (χ4n) is 4.18. The first kappa shape index (κ1) is 21.2. The number of carbonyl (C=O) groups excluding carboxylic acids is 2. The Morgan fingerprint density at radius 3 is 2.58 bits per heavy atom. The molecular weight excluding hydrogens is 406 g/mol. The second-order valence-electron chi connectivity index (χ2n) is 7.85. The van der Waals surface area contributed by atoms with E-state index in [0.717, 1.165) is 34.5 Å². The maximum Gasteiger partial charge on any atom is 0.264 e. The zero-order chi connectivity index (χ0) is 21.8. The van der Waals surface area contributed by atoms with Gasteiger partial charge in [0.05, 0.1) is 4.88 Å². The van der Waals surface area contributed by atoms with E-state index in [0.29, 0.717) is 24.4 Å². The highest BCUT2D eigenvalue weighted by Crippen LogP contribution is 2.28. The number of hydrogen-bond acceptors (Lipinski definition) is 4. The number of amides is 2. The molecule has 5 nitrogen and oxygen atoms in total. The Hall–Kier alpha value is -2.99. The average Bonchev–Trinajstić information content (AvgIpc) is 3.23. The molecule has 1 atom stereocenters. The summed E-state index contributed by atoms with van der Waals surface area (Å²) in [6, 6.07) is 15.4. The van der Waals surface area contributed by atoms with Crippen molar-refractivity contribution in [2.45, 2.75) is 32.7 Å². The molecule has 0 saturated carbocycles. The van der Waals surface area contributed by atoms with Crippen LogP contribution in [-0.2, 0) is 11.2 Å². The second-order valence-corrected chi connectivity index (χ2v) is 9.13. The second kappa shape index (κ2) is 9.43. The van der Waals surface area contributed by atoms with Crippen molar-refractivity contribution in [1.82, 2.24) is 14.8 Å². The number of hydrogen-bond donors (Lipinski definition) is 0. The Morgan fingerprint density at radius 1 is 1.10 bits per heavy atom. The molecule has 0 radical (unpaired) electrons. The van der Waals surface area contributed by atoms with Crippen LogP contribution in [0.5, 0.6) is 0 Å². The zero-order valence-corrected chi connectivity index (χ0v) is 18.8. The number of piperazine rings is 1. The van der Waals surface area contributed by atoms with E-state index >= 15 is 0 Å². The van der Waals surface area contributed by atoms with Crippen LogP contribution in [0, 0.1) is 6.92 Å². The zero-order valence-electron chi connectivity index (χ0n) is 18.0. The molecule has 1 saturated heterocycles. The van der Waals surface area contributed by atoms with E-state index < -0.39 is 6.04 Å². The van der Waals surface area contributed by atoms with Gasteiger partial charge in [-0.25, -0.2) is 0 Å². The van der Waals surface area contributed by atoms with Gasteiger partial charge in [-0.2, -0.15) is 0 Å². The molecule has 1 aromatic carbocycles. The van der Waals surface area contributed by atoms with E-state index in [9.17, 15) is 9.59 Å². The summed E-state index contributed by atoms with van der Waals surface area (Å²) in [6.07, 6.45) is 4.95. The molecule has 0 N–H and O–H groups in total. The van der Waals surface area contributed by atoms with Gasteiger partial charge in [-0.15, -0.1) is 11.3 Å². The minimum absolute atomic E-state index is 0.0410. The molecule has 31 heavy (non-hydrogen) atoms. The predicted molar refractivity (Wildman–Crippen MR) is 124 cm³/mol. The standard InChI is InChI=1S/C25H27N3O2S/c1-3-14-27-15-16-28(25(30)23-9-8-18(2)31-23)22(24(27)29)17-20-6-4-5-7-21(20)19-10-12-26-13-11-19/h4-13,22H,3,14-17H2,1-2H3/t22-/m0/s1. The predicted octanol–water partition coefficient (Wildman–Crippen LogP) is 4.42. The van der Waals surface area contributed by atoms with E-state index in [1.807, 2.05) is 48.2 Å². The SMILES string of the molecule is CCCN1CCN(C(=O)c2ccc(C)s2)[C@@H](Cc2ccccc2-c2ccncc2)C1=O. The first-order valence-electron chi connectivity index (χ1n) is 10.7. The number of benzene rings is 1. The Balaban J connectivity index is 1.68. The molecule has 6 heteroatoms. The third-order valence-corrected chi connectivity index (χ3v) is 6.70. The Kier molecular flexibility index (Phi) is 6.47. The molecule has 1 fully saturated rings. The molecular formula is C25H27N3O2S. The van der Waals surface area contributed by atoms with Gasteiger partial charge >= 0.3 is 0 Å². The summed E-state index contributed by atoms with van der Waals surface area (Å²) in [5.74, 6) is -0.00625. The monoisotopic (exact) mass is 433 g/mol. The lowest BCUT2D eigenvalue weighted by Crippen LogP contribution is -2.59. The van der Waals surface area contributed by atoms with E-state index in [2.05, 4.69) is 24.0 Å². The van der Waals surface area contributed by atoms with Crippen LogP contribution in [0.15, 0.2) is 60.9 Å². The quantitative estimate of drug-likeness (QED) is 0.578. The van der Waals surface area contributed by atoms with Gasteiger partial charge in [0.25, 0.3) is 5.91 Å². The third kappa shape index (κ3) is 4.54. The minimum atomic E-state index is -0.502. The van der Waals surface area contributed by atoms with Crippen molar-refractivity contribution in [3.8, 4) is 11.1 Å². The molecule has 0 unspecified atom stereocenters. The lowest BCUT2D eigenvalue weighted by Gasteiger charge is -2.40. The van der Waals surface area contributed by atoms with Gasteiger partial charge in [0.15, 0.2) is 0 Å². The highest BCUT2D eigenvalue weighted by atomic mass is 32.1. The lowest BCUT2D eigenvalue weighted by molar-refractivity contribution is -0.140. The van der Waals surface area contributed by atoms with Crippen LogP contribution in [0.25, 0.3) is 11.1 Å². The van der Waals surface area contributed by atoms with Gasteiger partial charge in [-0.3, -0.25) is 14.6 Å².